The molecular formula is C9H10BF4KO. The van der Waals surface area contributed by atoms with Gasteiger partial charge in [0.2, 0.25) is 0 Å². The number of rotatable bonds is 3. The van der Waals surface area contributed by atoms with Gasteiger partial charge in [-0.15, -0.1) is 0 Å². The number of ether oxygens (including phenoxy) is 1. The van der Waals surface area contributed by atoms with Crippen molar-refractivity contribution < 1.29 is 73.5 Å². The molecule has 0 unspecified atom stereocenters. The molecule has 1 nitrogen and oxygen atoms in total. The van der Waals surface area contributed by atoms with Crippen molar-refractivity contribution in [2.24, 2.45) is 0 Å². The quantitative estimate of drug-likeness (QED) is 0.534. The van der Waals surface area contributed by atoms with Gasteiger partial charge >= 0.3 is 58.4 Å². The monoisotopic (exact) mass is 260 g/mol. The minimum Gasteiger partial charge on any atom is -0.491 e. The predicted octanol–water partition coefficient (Wildman–Crippen LogP) is -0.329. The Morgan fingerprint density at radius 2 is 1.75 bits per heavy atom. The first-order valence-electron chi connectivity index (χ1n) is 4.46. The van der Waals surface area contributed by atoms with Crippen molar-refractivity contribution in [3.05, 3.63) is 24.0 Å². The van der Waals surface area contributed by atoms with E-state index in [9.17, 15) is 17.3 Å². The molecule has 16 heavy (non-hydrogen) atoms. The first-order valence-corrected chi connectivity index (χ1v) is 4.46. The summed E-state index contributed by atoms with van der Waals surface area (Å²) in [4.78, 5) is 0. The number of hydrogen-bond acceptors (Lipinski definition) is 1. The molecule has 0 spiro atoms. The third-order valence-electron chi connectivity index (χ3n) is 1.70. The summed E-state index contributed by atoms with van der Waals surface area (Å²) in [5.74, 6) is -1.19. The minimum absolute atomic E-state index is 0. The van der Waals surface area contributed by atoms with Crippen LogP contribution in [0.15, 0.2) is 18.2 Å². The van der Waals surface area contributed by atoms with Gasteiger partial charge in [-0.25, -0.2) is 4.39 Å². The van der Waals surface area contributed by atoms with Crippen LogP contribution in [0.2, 0.25) is 0 Å². The zero-order chi connectivity index (χ0) is 11.6. The smallest absolute Gasteiger partial charge is 0.491 e. The molecule has 0 aliphatic heterocycles. The van der Waals surface area contributed by atoms with Crippen LogP contribution >= 0.6 is 0 Å². The van der Waals surface area contributed by atoms with E-state index in [1.54, 1.807) is 13.8 Å². The van der Waals surface area contributed by atoms with Crippen LogP contribution in [0.5, 0.6) is 5.75 Å². The molecule has 0 saturated carbocycles. The molecule has 0 atom stereocenters. The van der Waals surface area contributed by atoms with E-state index in [0.717, 1.165) is 12.1 Å². The summed E-state index contributed by atoms with van der Waals surface area (Å²) < 4.78 is 54.7. The third kappa shape index (κ3) is 4.75. The fourth-order valence-electron chi connectivity index (χ4n) is 1.12. The molecule has 1 rings (SSSR count). The van der Waals surface area contributed by atoms with Gasteiger partial charge in [-0.3, -0.25) is 0 Å². The van der Waals surface area contributed by atoms with E-state index >= 15 is 0 Å². The molecule has 0 aromatic heterocycles. The Labute approximate surface area is 134 Å². The van der Waals surface area contributed by atoms with Crippen molar-refractivity contribution in [2.45, 2.75) is 20.0 Å². The maximum absolute atomic E-state index is 13.0. The third-order valence-corrected chi connectivity index (χ3v) is 1.70. The van der Waals surface area contributed by atoms with Crippen LogP contribution in [0, 0.1) is 5.82 Å². The molecule has 0 saturated heterocycles. The van der Waals surface area contributed by atoms with E-state index in [1.165, 1.54) is 0 Å². The summed E-state index contributed by atoms with van der Waals surface area (Å²) in [6.07, 6.45) is -0.202. The second-order valence-corrected chi connectivity index (χ2v) is 3.42. The number of benzene rings is 1. The number of halogens is 4. The van der Waals surface area contributed by atoms with Crippen LogP contribution in [0.1, 0.15) is 13.8 Å². The zero-order valence-electron chi connectivity index (χ0n) is 9.31. The van der Waals surface area contributed by atoms with Gasteiger partial charge < -0.3 is 17.7 Å². The van der Waals surface area contributed by atoms with Crippen molar-refractivity contribution in [3.8, 4) is 5.75 Å². The fraction of sp³-hybridized carbons (Fsp3) is 0.333. The van der Waals surface area contributed by atoms with Gasteiger partial charge in [-0.05, 0) is 19.9 Å². The van der Waals surface area contributed by atoms with Crippen molar-refractivity contribution in [2.75, 3.05) is 0 Å². The Hall–Kier alpha value is 0.441. The Balaban J connectivity index is 0.00000225. The second kappa shape index (κ2) is 6.39. The van der Waals surface area contributed by atoms with Crippen LogP contribution in [-0.2, 0) is 0 Å². The van der Waals surface area contributed by atoms with Crippen LogP contribution in [0.3, 0.4) is 0 Å². The van der Waals surface area contributed by atoms with Gasteiger partial charge in [-0.1, -0.05) is 11.5 Å². The average molecular weight is 260 g/mol. The first-order chi connectivity index (χ1) is 6.80. The molecule has 0 radical (unpaired) electrons. The van der Waals surface area contributed by atoms with E-state index < -0.39 is 18.3 Å². The van der Waals surface area contributed by atoms with E-state index in [2.05, 4.69) is 0 Å². The molecule has 0 N–H and O–H groups in total. The van der Waals surface area contributed by atoms with Gasteiger partial charge in [0.05, 0.1) is 11.9 Å². The molecule has 1 aromatic rings. The molecule has 0 bridgehead atoms. The standard InChI is InChI=1S/C9H10BF4O.K/c1-6(2)15-7-3-4-8(9(11)5-7)10(12,13)14;/h3-6H,1-2H3;/q-1;+1. The van der Waals surface area contributed by atoms with Crippen molar-refractivity contribution in [1.82, 2.24) is 0 Å². The topological polar surface area (TPSA) is 9.23 Å². The van der Waals surface area contributed by atoms with E-state index in [1.807, 2.05) is 0 Å². The average Bonchev–Trinajstić information content (AvgIpc) is 1.99. The summed E-state index contributed by atoms with van der Waals surface area (Å²) in [5, 5.41) is 0. The second-order valence-electron chi connectivity index (χ2n) is 3.42. The van der Waals surface area contributed by atoms with Gasteiger partial charge in [-0.2, -0.15) is 0 Å². The van der Waals surface area contributed by atoms with Crippen molar-refractivity contribution >= 4 is 12.4 Å². The molecule has 7 heteroatoms. The Bertz CT molecular complexity index is 354. The van der Waals surface area contributed by atoms with Crippen molar-refractivity contribution in [1.29, 1.82) is 0 Å². The summed E-state index contributed by atoms with van der Waals surface area (Å²) in [7, 11) is 0. The molecule has 0 amide bonds. The van der Waals surface area contributed by atoms with E-state index in [-0.39, 0.29) is 63.2 Å². The number of hydrogen-bond donors (Lipinski definition) is 0. The molecule has 0 aliphatic carbocycles. The molecule has 0 aliphatic rings. The summed E-state index contributed by atoms with van der Waals surface area (Å²) >= 11 is 0. The zero-order valence-corrected chi connectivity index (χ0v) is 12.4. The predicted molar refractivity (Wildman–Crippen MR) is 50.9 cm³/mol. The Morgan fingerprint density at radius 1 is 1.19 bits per heavy atom. The Kier molecular flexibility index (Phi) is 6.57. The van der Waals surface area contributed by atoms with Gasteiger partial charge in [0, 0.05) is 6.07 Å². The SMILES string of the molecule is CC(C)Oc1ccc([B-](F)(F)F)c(F)c1.[K+]. The maximum Gasteiger partial charge on any atom is 1.00 e. The van der Waals surface area contributed by atoms with Crippen LogP contribution in [-0.4, -0.2) is 13.1 Å². The molecule has 0 fully saturated rings. The summed E-state index contributed by atoms with van der Waals surface area (Å²) in [5.41, 5.74) is -1.22. The van der Waals surface area contributed by atoms with Gasteiger partial charge in [0.1, 0.15) is 5.75 Å². The largest absolute Gasteiger partial charge is 1.00 e. The normalized spacial score (nSPS) is 11.2. The van der Waals surface area contributed by atoms with Gasteiger partial charge in [0.25, 0.3) is 0 Å². The summed E-state index contributed by atoms with van der Waals surface area (Å²) in [6, 6.07) is 2.57. The molecule has 84 valence electrons. The molecule has 0 heterocycles. The van der Waals surface area contributed by atoms with Gasteiger partial charge in [0.15, 0.2) is 0 Å². The van der Waals surface area contributed by atoms with Crippen LogP contribution in [0.25, 0.3) is 0 Å². The molecular weight excluding hydrogens is 250 g/mol. The van der Waals surface area contributed by atoms with Crippen molar-refractivity contribution in [3.63, 3.8) is 0 Å². The van der Waals surface area contributed by atoms with E-state index in [0.29, 0.717) is 6.07 Å². The molecule has 1 aromatic carbocycles. The summed E-state index contributed by atoms with van der Waals surface area (Å²) in [6.45, 7) is -1.88. The van der Waals surface area contributed by atoms with E-state index in [4.69, 9.17) is 4.74 Å². The fourth-order valence-corrected chi connectivity index (χ4v) is 1.12. The Morgan fingerprint density at radius 3 is 2.12 bits per heavy atom. The van der Waals surface area contributed by atoms with Crippen LogP contribution in [0.4, 0.5) is 17.3 Å². The maximum atomic E-state index is 13.0. The first kappa shape index (κ1) is 16.4. The van der Waals surface area contributed by atoms with Crippen LogP contribution < -0.4 is 61.6 Å². The minimum atomic E-state index is -5.30.